The van der Waals surface area contributed by atoms with E-state index in [1.165, 1.54) is 0 Å². The van der Waals surface area contributed by atoms with Gasteiger partial charge in [-0.1, -0.05) is 6.08 Å². The second kappa shape index (κ2) is 4.18. The highest BCUT2D eigenvalue weighted by Crippen LogP contribution is 2.13. The third-order valence-corrected chi connectivity index (χ3v) is 3.53. The summed E-state index contributed by atoms with van der Waals surface area (Å²) in [5.41, 5.74) is 0. The van der Waals surface area contributed by atoms with E-state index in [1.807, 2.05) is 13.1 Å². The average Bonchev–Trinajstić information content (AvgIpc) is 1.81. The zero-order valence-corrected chi connectivity index (χ0v) is 7.96. The van der Waals surface area contributed by atoms with Crippen molar-refractivity contribution in [2.45, 2.75) is 25.6 Å². The summed E-state index contributed by atoms with van der Waals surface area (Å²) in [6.45, 7) is 7.32. The van der Waals surface area contributed by atoms with Crippen LogP contribution in [0.25, 0.3) is 0 Å². The van der Waals surface area contributed by atoms with Crippen molar-refractivity contribution in [3.05, 3.63) is 12.7 Å². The van der Waals surface area contributed by atoms with Crippen LogP contribution in [0.5, 0.6) is 0 Å². The van der Waals surface area contributed by atoms with Crippen LogP contribution in [0.2, 0.25) is 19.1 Å². The van der Waals surface area contributed by atoms with E-state index in [2.05, 4.69) is 6.58 Å². The Bertz CT molecular complexity index is 154. The minimum Gasteiger partial charge on any atom is -0.490 e. The van der Waals surface area contributed by atoms with Gasteiger partial charge in [-0.05, 0) is 25.6 Å². The fraction of sp³-hybridized carbons (Fsp3) is 0.571. The molecule has 0 heterocycles. The van der Waals surface area contributed by atoms with E-state index in [4.69, 9.17) is 9.53 Å². The van der Waals surface area contributed by atoms with Crippen LogP contribution in [0.1, 0.15) is 6.42 Å². The summed E-state index contributed by atoms with van der Waals surface area (Å²) in [6, 6.07) is 0.808. The molecule has 0 aliphatic carbocycles. The lowest BCUT2D eigenvalue weighted by atomic mass is 10.5. The summed E-state index contributed by atoms with van der Waals surface area (Å²) < 4.78 is 4.75. The Labute approximate surface area is 67.8 Å². The van der Waals surface area contributed by atoms with Crippen LogP contribution < -0.4 is 0 Å². The Morgan fingerprint density at radius 3 is 2.64 bits per heavy atom. The Morgan fingerprint density at radius 1 is 1.73 bits per heavy atom. The molecule has 0 spiro atoms. The molecular weight excluding hydrogens is 160 g/mol. The summed E-state index contributed by atoms with van der Waals surface area (Å²) in [4.78, 5) is 10.2. The van der Waals surface area contributed by atoms with Gasteiger partial charge in [0.05, 0.1) is 0 Å². The maximum absolute atomic E-state index is 10.2. The van der Waals surface area contributed by atoms with Gasteiger partial charge in [0, 0.05) is 0 Å². The van der Waals surface area contributed by atoms with Crippen LogP contribution in [-0.2, 0) is 4.43 Å². The van der Waals surface area contributed by atoms with Crippen LogP contribution in [0.3, 0.4) is 0 Å². The Kier molecular flexibility index (Phi) is 3.88. The van der Waals surface area contributed by atoms with Gasteiger partial charge in [-0.25, -0.2) is 4.79 Å². The molecule has 0 saturated carbocycles. The minimum absolute atomic E-state index is 0.808. The lowest BCUT2D eigenvalue weighted by Gasteiger charge is -2.19. The maximum Gasteiger partial charge on any atom is 0.491 e. The summed E-state index contributed by atoms with van der Waals surface area (Å²) in [5, 5.41) is 8.34. The highest BCUT2D eigenvalue weighted by Gasteiger charge is 2.25. The Morgan fingerprint density at radius 2 is 2.27 bits per heavy atom. The van der Waals surface area contributed by atoms with Gasteiger partial charge in [-0.15, -0.1) is 6.58 Å². The van der Waals surface area contributed by atoms with E-state index in [1.54, 1.807) is 6.08 Å². The second-order valence-electron chi connectivity index (χ2n) is 2.96. The van der Waals surface area contributed by atoms with Crippen molar-refractivity contribution in [2.24, 2.45) is 0 Å². The maximum atomic E-state index is 10.2. The van der Waals surface area contributed by atoms with E-state index in [-0.39, 0.29) is 0 Å². The summed E-state index contributed by atoms with van der Waals surface area (Å²) in [7, 11) is -1.96. The van der Waals surface area contributed by atoms with E-state index < -0.39 is 14.5 Å². The van der Waals surface area contributed by atoms with Gasteiger partial charge in [0.15, 0.2) is 0 Å². The number of allylic oxidation sites excluding steroid dienone is 1. The van der Waals surface area contributed by atoms with E-state index in [0.29, 0.717) is 0 Å². The number of carboxylic acid groups (broad SMARTS) is 1. The molecule has 0 unspecified atom stereocenters. The zero-order valence-electron chi connectivity index (χ0n) is 6.96. The molecule has 0 aromatic carbocycles. The predicted octanol–water partition coefficient (Wildman–Crippen LogP) is 2.46. The topological polar surface area (TPSA) is 46.5 Å². The summed E-state index contributed by atoms with van der Waals surface area (Å²) in [5.74, 6) is 0. The molecule has 0 fully saturated rings. The fourth-order valence-corrected chi connectivity index (χ4v) is 2.21. The van der Waals surface area contributed by atoms with Crippen molar-refractivity contribution in [1.82, 2.24) is 0 Å². The number of hydrogen-bond donors (Lipinski definition) is 1. The highest BCUT2D eigenvalue weighted by molar-refractivity contribution is 6.72. The van der Waals surface area contributed by atoms with Crippen molar-refractivity contribution in [1.29, 1.82) is 0 Å². The molecule has 1 N–H and O–H groups in total. The molecule has 0 saturated heterocycles. The van der Waals surface area contributed by atoms with Crippen LogP contribution in [0.4, 0.5) is 4.79 Å². The van der Waals surface area contributed by atoms with E-state index in [9.17, 15) is 4.79 Å². The van der Waals surface area contributed by atoms with Crippen LogP contribution in [-0.4, -0.2) is 19.6 Å². The van der Waals surface area contributed by atoms with Gasteiger partial charge in [0.2, 0.25) is 0 Å². The lowest BCUT2D eigenvalue weighted by Crippen LogP contribution is -2.32. The van der Waals surface area contributed by atoms with Crippen molar-refractivity contribution in [3.8, 4) is 0 Å². The van der Waals surface area contributed by atoms with Gasteiger partial charge in [0.1, 0.15) is 0 Å². The standard InChI is InChI=1S/C7H14O3Si/c1-4-5-6-11(2,3)10-7(8)9/h4H,1,5-6H2,2-3H3,(H,8,9). The van der Waals surface area contributed by atoms with Gasteiger partial charge in [-0.3, -0.25) is 0 Å². The van der Waals surface area contributed by atoms with Gasteiger partial charge >= 0.3 is 6.16 Å². The first-order valence-corrected chi connectivity index (χ1v) is 6.62. The molecule has 0 aliphatic rings. The predicted molar refractivity (Wildman–Crippen MR) is 46.2 cm³/mol. The number of rotatable bonds is 4. The third-order valence-electron chi connectivity index (χ3n) is 1.31. The largest absolute Gasteiger partial charge is 0.491 e. The second-order valence-corrected chi connectivity index (χ2v) is 7.18. The third kappa shape index (κ3) is 5.66. The molecule has 0 aromatic rings. The monoisotopic (exact) mass is 174 g/mol. The molecule has 0 aromatic heterocycles. The smallest absolute Gasteiger partial charge is 0.490 e. The van der Waals surface area contributed by atoms with Gasteiger partial charge in [0.25, 0.3) is 8.32 Å². The van der Waals surface area contributed by atoms with Crippen LogP contribution in [0, 0.1) is 0 Å². The molecule has 3 nitrogen and oxygen atoms in total. The first-order valence-electron chi connectivity index (χ1n) is 3.51. The van der Waals surface area contributed by atoms with Crippen molar-refractivity contribution in [2.75, 3.05) is 0 Å². The van der Waals surface area contributed by atoms with Crippen molar-refractivity contribution < 1.29 is 14.3 Å². The van der Waals surface area contributed by atoms with Crippen LogP contribution >= 0.6 is 0 Å². The quantitative estimate of drug-likeness (QED) is 0.526. The fourth-order valence-electron chi connectivity index (χ4n) is 0.737. The average molecular weight is 174 g/mol. The SMILES string of the molecule is C=CCC[Si](C)(C)OC(=O)O. The zero-order chi connectivity index (χ0) is 8.91. The Hall–Kier alpha value is -0.773. The minimum atomic E-state index is -1.96. The summed E-state index contributed by atoms with van der Waals surface area (Å²) >= 11 is 0. The molecule has 0 aliphatic heterocycles. The molecule has 0 bridgehead atoms. The molecule has 64 valence electrons. The number of carbonyl (C=O) groups is 1. The van der Waals surface area contributed by atoms with Gasteiger partial charge in [-0.2, -0.15) is 0 Å². The normalized spacial score (nSPS) is 10.7. The van der Waals surface area contributed by atoms with Crippen molar-refractivity contribution in [3.63, 3.8) is 0 Å². The molecular formula is C7H14O3Si. The molecule has 0 amide bonds. The number of hydrogen-bond acceptors (Lipinski definition) is 2. The molecule has 11 heavy (non-hydrogen) atoms. The van der Waals surface area contributed by atoms with Crippen LogP contribution in [0.15, 0.2) is 12.7 Å². The highest BCUT2D eigenvalue weighted by atomic mass is 28.4. The first kappa shape index (κ1) is 10.2. The molecule has 0 radical (unpaired) electrons. The molecule has 0 atom stereocenters. The summed E-state index contributed by atoms with van der Waals surface area (Å²) in [6.07, 6.45) is 1.44. The van der Waals surface area contributed by atoms with Crippen molar-refractivity contribution >= 4 is 14.5 Å². The van der Waals surface area contributed by atoms with E-state index >= 15 is 0 Å². The molecule has 0 rings (SSSR count). The first-order chi connectivity index (χ1) is 4.98. The Balaban J connectivity index is 3.78. The lowest BCUT2D eigenvalue weighted by molar-refractivity contribution is 0.141. The molecule has 4 heteroatoms. The van der Waals surface area contributed by atoms with Gasteiger partial charge < -0.3 is 9.53 Å². The van der Waals surface area contributed by atoms with E-state index in [0.717, 1.165) is 12.5 Å².